The molecule has 124 valence electrons. The lowest BCUT2D eigenvalue weighted by atomic mass is 9.98. The number of hydrogen-bond donors (Lipinski definition) is 0. The molecule has 1 saturated heterocycles. The Morgan fingerprint density at radius 1 is 1.30 bits per heavy atom. The number of hydrogen-bond acceptors (Lipinski definition) is 6. The minimum atomic E-state index is -3.46. The van der Waals surface area contributed by atoms with Gasteiger partial charge in [-0.3, -0.25) is 0 Å². The van der Waals surface area contributed by atoms with Crippen LogP contribution in [0.1, 0.15) is 20.8 Å². The molecular weight excluding hydrogens is 318 g/mol. The summed E-state index contributed by atoms with van der Waals surface area (Å²) in [5, 5.41) is 0.821. The molecule has 0 atom stereocenters. The normalized spacial score (nSPS) is 17.2. The van der Waals surface area contributed by atoms with Crippen LogP contribution < -0.4 is 0 Å². The molecule has 2 aromatic heterocycles. The molecule has 0 aliphatic carbocycles. The molecule has 0 spiro atoms. The zero-order valence-corrected chi connectivity index (χ0v) is 14.1. The van der Waals surface area contributed by atoms with Crippen molar-refractivity contribution in [1.29, 1.82) is 0 Å². The van der Waals surface area contributed by atoms with E-state index in [2.05, 4.69) is 4.98 Å². The van der Waals surface area contributed by atoms with E-state index in [0.29, 0.717) is 5.65 Å². The quantitative estimate of drug-likeness (QED) is 0.840. The van der Waals surface area contributed by atoms with Crippen LogP contribution in [0.5, 0.6) is 0 Å². The first-order valence-electron chi connectivity index (χ1n) is 7.32. The summed E-state index contributed by atoms with van der Waals surface area (Å²) in [7, 11) is -3.46. The fourth-order valence-corrected chi connectivity index (χ4v) is 3.81. The molecule has 1 fully saturated rings. The number of hydroxylamine groups is 2. The molecule has 0 unspecified atom stereocenters. The first kappa shape index (κ1) is 15.9. The predicted octanol–water partition coefficient (Wildman–Crippen LogP) is 1.30. The minimum Gasteiger partial charge on any atom is -0.367 e. The summed E-state index contributed by atoms with van der Waals surface area (Å²) in [6.07, 6.45) is 4.87. The summed E-state index contributed by atoms with van der Waals surface area (Å²) in [5.41, 5.74) is 0.0782. The Morgan fingerprint density at radius 2 is 2.00 bits per heavy atom. The van der Waals surface area contributed by atoms with Gasteiger partial charge in [-0.05, 0) is 32.9 Å². The second-order valence-electron chi connectivity index (χ2n) is 6.70. The predicted molar refractivity (Wildman–Crippen MR) is 83.3 cm³/mol. The number of rotatable bonds is 3. The van der Waals surface area contributed by atoms with Gasteiger partial charge in [-0.15, -0.1) is 5.06 Å². The van der Waals surface area contributed by atoms with Crippen LogP contribution in [-0.2, 0) is 19.5 Å². The summed E-state index contributed by atoms with van der Waals surface area (Å²) in [6.45, 7) is 5.63. The first-order valence-corrected chi connectivity index (χ1v) is 8.86. The fourth-order valence-electron chi connectivity index (χ4n) is 2.19. The van der Waals surface area contributed by atoms with Crippen LogP contribution in [0.2, 0.25) is 0 Å². The SMILES string of the molecule is CC(C)(C)C(=O)ON1CC(S(=O)(=O)c2ccc3nccn3c2)C1. The number of fused-ring (bicyclic) bond motifs is 1. The third kappa shape index (κ3) is 2.96. The zero-order chi connectivity index (χ0) is 16.8. The Kier molecular flexibility index (Phi) is 3.68. The van der Waals surface area contributed by atoms with Crippen molar-refractivity contribution in [1.82, 2.24) is 14.4 Å². The molecule has 0 radical (unpaired) electrons. The van der Waals surface area contributed by atoms with E-state index in [9.17, 15) is 13.2 Å². The Bertz CT molecular complexity index is 845. The Balaban J connectivity index is 1.69. The van der Waals surface area contributed by atoms with Crippen LogP contribution >= 0.6 is 0 Å². The molecule has 2 aromatic rings. The van der Waals surface area contributed by atoms with Crippen molar-refractivity contribution in [3.05, 3.63) is 30.7 Å². The van der Waals surface area contributed by atoms with Crippen LogP contribution in [0.4, 0.5) is 0 Å². The highest BCUT2D eigenvalue weighted by Crippen LogP contribution is 2.26. The molecule has 1 aliphatic rings. The summed E-state index contributed by atoms with van der Waals surface area (Å²) in [5.74, 6) is -0.367. The molecule has 1 aliphatic heterocycles. The van der Waals surface area contributed by atoms with E-state index in [1.807, 2.05) is 0 Å². The van der Waals surface area contributed by atoms with E-state index in [-0.39, 0.29) is 24.0 Å². The minimum absolute atomic E-state index is 0.187. The highest BCUT2D eigenvalue weighted by molar-refractivity contribution is 7.92. The second kappa shape index (κ2) is 5.31. The summed E-state index contributed by atoms with van der Waals surface area (Å²) in [4.78, 5) is 21.3. The molecule has 0 bridgehead atoms. The van der Waals surface area contributed by atoms with Crippen LogP contribution in [-0.4, -0.2) is 47.2 Å². The monoisotopic (exact) mass is 337 g/mol. The highest BCUT2D eigenvalue weighted by atomic mass is 32.2. The van der Waals surface area contributed by atoms with Gasteiger partial charge in [-0.2, -0.15) is 0 Å². The summed E-state index contributed by atoms with van der Waals surface area (Å²) in [6, 6.07) is 3.23. The van der Waals surface area contributed by atoms with Crippen molar-refractivity contribution < 1.29 is 18.0 Å². The van der Waals surface area contributed by atoms with E-state index in [4.69, 9.17) is 4.84 Å². The average molecular weight is 337 g/mol. The lowest BCUT2D eigenvalue weighted by Gasteiger charge is -2.37. The Morgan fingerprint density at radius 3 is 2.65 bits per heavy atom. The molecule has 3 heterocycles. The van der Waals surface area contributed by atoms with Gasteiger partial charge in [-0.1, -0.05) is 0 Å². The number of carbonyl (C=O) groups is 1. The lowest BCUT2D eigenvalue weighted by molar-refractivity contribution is -0.215. The van der Waals surface area contributed by atoms with Crippen LogP contribution in [0.15, 0.2) is 35.6 Å². The number of sulfone groups is 1. The van der Waals surface area contributed by atoms with E-state index < -0.39 is 20.5 Å². The van der Waals surface area contributed by atoms with Gasteiger partial charge in [0, 0.05) is 18.6 Å². The van der Waals surface area contributed by atoms with Gasteiger partial charge in [0.05, 0.1) is 28.6 Å². The Hall–Kier alpha value is -1.93. The molecule has 7 nitrogen and oxygen atoms in total. The number of carbonyl (C=O) groups excluding carboxylic acids is 1. The average Bonchev–Trinajstić information content (AvgIpc) is 2.87. The van der Waals surface area contributed by atoms with Crippen LogP contribution in [0, 0.1) is 5.41 Å². The van der Waals surface area contributed by atoms with Crippen LogP contribution in [0.25, 0.3) is 5.65 Å². The number of aromatic nitrogens is 2. The summed E-state index contributed by atoms with van der Waals surface area (Å²) < 4.78 is 26.9. The lowest BCUT2D eigenvalue weighted by Crippen LogP contribution is -2.55. The maximum atomic E-state index is 12.6. The second-order valence-corrected chi connectivity index (χ2v) is 8.93. The maximum absolute atomic E-state index is 12.6. The van der Waals surface area contributed by atoms with Gasteiger partial charge in [0.25, 0.3) is 0 Å². The van der Waals surface area contributed by atoms with Crippen molar-refractivity contribution in [2.45, 2.75) is 30.9 Å². The van der Waals surface area contributed by atoms with Gasteiger partial charge >= 0.3 is 5.97 Å². The van der Waals surface area contributed by atoms with Crippen molar-refractivity contribution in [3.63, 3.8) is 0 Å². The van der Waals surface area contributed by atoms with Gasteiger partial charge < -0.3 is 9.24 Å². The standard InChI is InChI=1S/C15H19N3O4S/c1-15(2,3)14(19)22-18-9-12(10-18)23(20,21)11-4-5-13-16-6-7-17(13)8-11/h4-8,12H,9-10H2,1-3H3. The van der Waals surface area contributed by atoms with Crippen LogP contribution in [0.3, 0.4) is 0 Å². The molecule has 0 saturated carbocycles. The molecule has 8 heteroatoms. The number of pyridine rings is 1. The van der Waals surface area contributed by atoms with Crippen molar-refractivity contribution in [2.75, 3.05) is 13.1 Å². The van der Waals surface area contributed by atoms with Gasteiger partial charge in [0.2, 0.25) is 0 Å². The van der Waals surface area contributed by atoms with Crippen molar-refractivity contribution in [2.24, 2.45) is 5.41 Å². The fraction of sp³-hybridized carbons (Fsp3) is 0.467. The Labute approximate surface area is 134 Å². The van der Waals surface area contributed by atoms with E-state index in [0.717, 1.165) is 0 Å². The van der Waals surface area contributed by atoms with Crippen molar-refractivity contribution in [3.8, 4) is 0 Å². The molecular formula is C15H19N3O4S. The zero-order valence-electron chi connectivity index (χ0n) is 13.3. The largest absolute Gasteiger partial charge is 0.367 e. The van der Waals surface area contributed by atoms with Crippen molar-refractivity contribution >= 4 is 21.5 Å². The van der Waals surface area contributed by atoms with Gasteiger partial charge in [0.1, 0.15) is 5.65 Å². The molecule has 3 rings (SSSR count). The molecule has 0 N–H and O–H groups in total. The highest BCUT2D eigenvalue weighted by Gasteiger charge is 2.41. The van der Waals surface area contributed by atoms with E-state index >= 15 is 0 Å². The van der Waals surface area contributed by atoms with E-state index in [1.54, 1.807) is 55.9 Å². The summed E-state index contributed by atoms with van der Waals surface area (Å²) >= 11 is 0. The maximum Gasteiger partial charge on any atom is 0.330 e. The topological polar surface area (TPSA) is 81.0 Å². The smallest absolute Gasteiger partial charge is 0.330 e. The molecule has 23 heavy (non-hydrogen) atoms. The molecule has 0 amide bonds. The molecule has 0 aromatic carbocycles. The number of imidazole rings is 1. The van der Waals surface area contributed by atoms with Gasteiger partial charge in [-0.25, -0.2) is 18.2 Å². The number of nitrogens with zero attached hydrogens (tertiary/aromatic N) is 3. The third-order valence-electron chi connectivity index (χ3n) is 3.77. The van der Waals surface area contributed by atoms with Gasteiger partial charge in [0.15, 0.2) is 9.84 Å². The van der Waals surface area contributed by atoms with E-state index in [1.165, 1.54) is 5.06 Å². The first-order chi connectivity index (χ1) is 10.7. The third-order valence-corrected chi connectivity index (χ3v) is 5.84.